The maximum Gasteiger partial charge on any atom is 0.278 e. The molecule has 0 aliphatic carbocycles. The minimum absolute atomic E-state index is 0.0863. The van der Waals surface area contributed by atoms with E-state index in [1.54, 1.807) is 23.4 Å². The van der Waals surface area contributed by atoms with E-state index >= 15 is 0 Å². The van der Waals surface area contributed by atoms with E-state index in [9.17, 15) is 4.79 Å². The zero-order valence-electron chi connectivity index (χ0n) is 15.1. The Bertz CT molecular complexity index is 829. The molecule has 4 rings (SSSR count). The second-order valence-electron chi connectivity index (χ2n) is 6.33. The molecule has 2 aromatic rings. The number of carbonyl (C=O) groups is 1. The van der Waals surface area contributed by atoms with E-state index < -0.39 is 0 Å². The molecule has 1 aromatic carbocycles. The fourth-order valence-corrected chi connectivity index (χ4v) is 3.32. The van der Waals surface area contributed by atoms with Crippen LogP contribution in [-0.4, -0.2) is 60.3 Å². The number of nitrogens with zero attached hydrogens (tertiary/aromatic N) is 3. The molecule has 8 heteroatoms. The largest absolute Gasteiger partial charge is 0.486 e. The molecular formula is C19H21N3O5. The minimum Gasteiger partial charge on any atom is -0.486 e. The number of carbonyl (C=O) groups excluding carboxylic acids is 1. The Morgan fingerprint density at radius 2 is 2.00 bits per heavy atom. The van der Waals surface area contributed by atoms with Gasteiger partial charge in [0.05, 0.1) is 19.2 Å². The predicted molar refractivity (Wildman–Crippen MR) is 95.6 cm³/mol. The first kappa shape index (κ1) is 17.4. The van der Waals surface area contributed by atoms with Crippen LogP contribution in [0.2, 0.25) is 0 Å². The average molecular weight is 371 g/mol. The van der Waals surface area contributed by atoms with Crippen molar-refractivity contribution in [3.05, 3.63) is 36.2 Å². The second-order valence-corrected chi connectivity index (χ2v) is 6.33. The highest BCUT2D eigenvalue weighted by Gasteiger charge is 2.30. The zero-order chi connectivity index (χ0) is 18.6. The highest BCUT2D eigenvalue weighted by molar-refractivity contribution is 5.98. The van der Waals surface area contributed by atoms with Gasteiger partial charge in [-0.1, -0.05) is 6.07 Å². The van der Waals surface area contributed by atoms with Crippen molar-refractivity contribution >= 4 is 5.91 Å². The summed E-state index contributed by atoms with van der Waals surface area (Å²) < 4.78 is 22.4. The Balaban J connectivity index is 1.49. The molecule has 1 atom stereocenters. The van der Waals surface area contributed by atoms with Gasteiger partial charge < -0.3 is 23.8 Å². The van der Waals surface area contributed by atoms with Gasteiger partial charge in [0.25, 0.3) is 17.7 Å². The number of ether oxygens (including phenoxy) is 4. The van der Waals surface area contributed by atoms with Crippen molar-refractivity contribution in [2.75, 3.05) is 33.4 Å². The first-order valence-electron chi connectivity index (χ1n) is 8.96. The first-order chi connectivity index (χ1) is 13.3. The van der Waals surface area contributed by atoms with Crippen LogP contribution in [0.4, 0.5) is 0 Å². The summed E-state index contributed by atoms with van der Waals surface area (Å²) in [7, 11) is 1.52. The maximum atomic E-state index is 13.1. The van der Waals surface area contributed by atoms with Crippen molar-refractivity contribution in [1.82, 2.24) is 14.9 Å². The Labute approximate surface area is 157 Å². The third-order valence-corrected chi connectivity index (χ3v) is 4.57. The number of fused-ring (bicyclic) bond motifs is 1. The van der Waals surface area contributed by atoms with Crippen molar-refractivity contribution in [2.45, 2.75) is 18.9 Å². The lowest BCUT2D eigenvalue weighted by molar-refractivity contribution is 0.0512. The molecule has 1 unspecified atom stereocenters. The Kier molecular flexibility index (Phi) is 4.95. The van der Waals surface area contributed by atoms with Crippen LogP contribution in [0.25, 0.3) is 0 Å². The van der Waals surface area contributed by atoms with Crippen molar-refractivity contribution < 1.29 is 23.7 Å². The highest BCUT2D eigenvalue weighted by Crippen LogP contribution is 2.35. The number of amides is 1. The third-order valence-electron chi connectivity index (χ3n) is 4.57. The summed E-state index contributed by atoms with van der Waals surface area (Å²) in [6, 6.07) is 5.39. The molecule has 0 bridgehead atoms. The topological polar surface area (TPSA) is 83.0 Å². The van der Waals surface area contributed by atoms with Gasteiger partial charge in [0.15, 0.2) is 11.5 Å². The van der Waals surface area contributed by atoms with Gasteiger partial charge in [-0.3, -0.25) is 4.79 Å². The number of methoxy groups -OCH3 is 1. The molecule has 2 aliphatic rings. The predicted octanol–water partition coefficient (Wildman–Crippen LogP) is 1.94. The molecule has 0 radical (unpaired) electrons. The average Bonchev–Trinajstić information content (AvgIpc) is 2.73. The summed E-state index contributed by atoms with van der Waals surface area (Å²) in [5, 5.41) is 0. The lowest BCUT2D eigenvalue weighted by Gasteiger charge is -2.33. The highest BCUT2D eigenvalue weighted by atomic mass is 16.6. The molecule has 8 nitrogen and oxygen atoms in total. The molecule has 0 spiro atoms. The molecule has 27 heavy (non-hydrogen) atoms. The number of para-hydroxylation sites is 1. The minimum atomic E-state index is -0.176. The normalized spacial score (nSPS) is 18.7. The molecular weight excluding hydrogens is 350 g/mol. The summed E-state index contributed by atoms with van der Waals surface area (Å²) >= 11 is 0. The Hall–Kier alpha value is -3.03. The molecule has 3 heterocycles. The number of benzene rings is 1. The van der Waals surface area contributed by atoms with Crippen LogP contribution in [0.1, 0.15) is 23.2 Å². The summed E-state index contributed by atoms with van der Waals surface area (Å²) in [6.07, 6.45) is 4.59. The fourth-order valence-electron chi connectivity index (χ4n) is 3.32. The summed E-state index contributed by atoms with van der Waals surface area (Å²) in [5.74, 6) is 1.72. The lowest BCUT2D eigenvalue weighted by Crippen LogP contribution is -2.44. The van der Waals surface area contributed by atoms with Gasteiger partial charge in [-0.05, 0) is 25.0 Å². The van der Waals surface area contributed by atoms with E-state index in [0.29, 0.717) is 55.1 Å². The van der Waals surface area contributed by atoms with E-state index in [0.717, 1.165) is 12.8 Å². The number of likely N-dealkylation sites (tertiary alicyclic amines) is 1. The summed E-state index contributed by atoms with van der Waals surface area (Å²) in [6.45, 7) is 2.06. The van der Waals surface area contributed by atoms with Gasteiger partial charge in [-0.15, -0.1) is 0 Å². The van der Waals surface area contributed by atoms with Crippen LogP contribution in [-0.2, 0) is 0 Å². The second kappa shape index (κ2) is 7.69. The van der Waals surface area contributed by atoms with Gasteiger partial charge in [0.1, 0.15) is 19.3 Å². The molecule has 1 saturated heterocycles. The quantitative estimate of drug-likeness (QED) is 0.812. The number of hydrogen-bond donors (Lipinski definition) is 0. The van der Waals surface area contributed by atoms with E-state index in [1.165, 1.54) is 7.11 Å². The molecule has 0 saturated carbocycles. The zero-order valence-corrected chi connectivity index (χ0v) is 15.1. The van der Waals surface area contributed by atoms with Gasteiger partial charge in [-0.25, -0.2) is 9.97 Å². The Morgan fingerprint density at radius 3 is 2.85 bits per heavy atom. The van der Waals surface area contributed by atoms with Crippen LogP contribution in [0.5, 0.6) is 23.3 Å². The van der Waals surface area contributed by atoms with Crippen LogP contribution >= 0.6 is 0 Å². The molecule has 1 aromatic heterocycles. The molecule has 1 amide bonds. The van der Waals surface area contributed by atoms with Crippen molar-refractivity contribution in [3.8, 4) is 23.3 Å². The van der Waals surface area contributed by atoms with E-state index in [4.69, 9.17) is 18.9 Å². The van der Waals surface area contributed by atoms with E-state index in [2.05, 4.69) is 9.97 Å². The first-order valence-corrected chi connectivity index (χ1v) is 8.96. The van der Waals surface area contributed by atoms with E-state index in [1.807, 2.05) is 12.1 Å². The van der Waals surface area contributed by atoms with Crippen LogP contribution in [0.3, 0.4) is 0 Å². The maximum absolute atomic E-state index is 13.1. The van der Waals surface area contributed by atoms with Crippen molar-refractivity contribution in [3.63, 3.8) is 0 Å². The van der Waals surface area contributed by atoms with E-state index in [-0.39, 0.29) is 12.0 Å². The molecule has 2 aliphatic heterocycles. The SMILES string of the molecule is COc1nccnc1OC1CCCN(C(=O)c2cccc3c2OCCO3)C1. The van der Waals surface area contributed by atoms with Crippen LogP contribution in [0, 0.1) is 0 Å². The monoisotopic (exact) mass is 371 g/mol. The number of piperidine rings is 1. The Morgan fingerprint density at radius 1 is 1.19 bits per heavy atom. The molecule has 142 valence electrons. The smallest absolute Gasteiger partial charge is 0.278 e. The number of rotatable bonds is 4. The number of aromatic nitrogens is 2. The molecule has 1 fully saturated rings. The number of hydrogen-bond acceptors (Lipinski definition) is 7. The molecule has 0 N–H and O–H groups in total. The van der Waals surface area contributed by atoms with Crippen molar-refractivity contribution in [1.29, 1.82) is 0 Å². The standard InChI is InChI=1S/C19H21N3O5/c1-24-17-18(21-8-7-20-17)27-13-4-3-9-22(12-13)19(23)14-5-2-6-15-16(14)26-11-10-25-15/h2,5-8,13H,3-4,9-12H2,1H3. The van der Waals surface area contributed by atoms with Crippen molar-refractivity contribution in [2.24, 2.45) is 0 Å². The summed E-state index contributed by atoms with van der Waals surface area (Å²) in [5.41, 5.74) is 0.518. The van der Waals surface area contributed by atoms with Crippen LogP contribution < -0.4 is 18.9 Å². The van der Waals surface area contributed by atoms with Gasteiger partial charge in [0.2, 0.25) is 0 Å². The van der Waals surface area contributed by atoms with Gasteiger partial charge in [0, 0.05) is 18.9 Å². The van der Waals surface area contributed by atoms with Gasteiger partial charge >= 0.3 is 0 Å². The third kappa shape index (κ3) is 3.60. The summed E-state index contributed by atoms with van der Waals surface area (Å²) in [4.78, 5) is 23.1. The fraction of sp³-hybridized carbons (Fsp3) is 0.421. The van der Waals surface area contributed by atoms with Crippen LogP contribution in [0.15, 0.2) is 30.6 Å². The van der Waals surface area contributed by atoms with Gasteiger partial charge in [-0.2, -0.15) is 0 Å². The lowest BCUT2D eigenvalue weighted by atomic mass is 10.1.